The summed E-state index contributed by atoms with van der Waals surface area (Å²) in [7, 11) is 0. The number of aryl methyl sites for hydroxylation is 1. The van der Waals surface area contributed by atoms with Gasteiger partial charge in [-0.1, -0.05) is 17.0 Å². The summed E-state index contributed by atoms with van der Waals surface area (Å²) in [6.45, 7) is 6.25. The van der Waals surface area contributed by atoms with E-state index in [0.29, 0.717) is 19.6 Å². The Hall–Kier alpha value is -2.41. The summed E-state index contributed by atoms with van der Waals surface area (Å²) in [5, 5.41) is 19.0. The molecule has 1 saturated heterocycles. The molecule has 2 N–H and O–H groups in total. The third kappa shape index (κ3) is 10.8. The fourth-order valence-electron chi connectivity index (χ4n) is 2.75. The summed E-state index contributed by atoms with van der Waals surface area (Å²) < 4.78 is 38.5. The number of carboxylic acids is 1. The van der Waals surface area contributed by atoms with E-state index >= 15 is 0 Å². The fourth-order valence-corrected chi connectivity index (χ4v) is 3.69. The summed E-state index contributed by atoms with van der Waals surface area (Å²) >= 11 is 1.39. The zero-order valence-electron chi connectivity index (χ0n) is 17.9. The van der Waals surface area contributed by atoms with Crippen LogP contribution in [0.1, 0.15) is 45.2 Å². The quantitative estimate of drug-likeness (QED) is 0.427. The Morgan fingerprint density at radius 2 is 2.06 bits per heavy atom. The third-order valence-electron chi connectivity index (χ3n) is 4.16. The Morgan fingerprint density at radius 1 is 1.38 bits per heavy atom. The van der Waals surface area contributed by atoms with Gasteiger partial charge in [0.15, 0.2) is 5.12 Å². The van der Waals surface area contributed by atoms with Crippen LogP contribution in [0.2, 0.25) is 0 Å². The van der Waals surface area contributed by atoms with Gasteiger partial charge in [0.05, 0.1) is 18.5 Å². The van der Waals surface area contributed by atoms with Gasteiger partial charge < -0.3 is 15.2 Å². The minimum atomic E-state index is -5.08. The Balaban J connectivity index is 0.000000633. The number of esters is 1. The number of carbonyl (C=O) groups excluding carboxylic acids is 2. The molecule has 1 aromatic heterocycles. The van der Waals surface area contributed by atoms with Crippen molar-refractivity contribution >= 4 is 34.9 Å². The summed E-state index contributed by atoms with van der Waals surface area (Å²) in [5.41, 5.74) is 2.13. The maximum atomic E-state index is 11.5. The van der Waals surface area contributed by atoms with Crippen LogP contribution in [0.25, 0.3) is 6.08 Å². The molecule has 2 rings (SSSR count). The van der Waals surface area contributed by atoms with Crippen LogP contribution in [0.15, 0.2) is 11.8 Å². The first-order valence-corrected chi connectivity index (χ1v) is 10.8. The van der Waals surface area contributed by atoms with E-state index in [1.807, 2.05) is 11.6 Å². The number of halogens is 3. The molecule has 1 aliphatic heterocycles. The topological polar surface area (TPSA) is 123 Å². The molecular weight excluding hydrogens is 453 g/mol. The molecule has 32 heavy (non-hydrogen) atoms. The van der Waals surface area contributed by atoms with Crippen molar-refractivity contribution in [2.45, 2.75) is 57.5 Å². The molecule has 180 valence electrons. The number of nitrogens with zero attached hydrogens (tertiary/aromatic N) is 3. The van der Waals surface area contributed by atoms with Crippen molar-refractivity contribution in [1.29, 1.82) is 0 Å². The van der Waals surface area contributed by atoms with Gasteiger partial charge in [-0.05, 0) is 44.4 Å². The zero-order chi connectivity index (χ0) is 24.1. The van der Waals surface area contributed by atoms with Gasteiger partial charge in [-0.15, -0.1) is 5.10 Å². The lowest BCUT2D eigenvalue weighted by Gasteiger charge is -2.24. The lowest BCUT2D eigenvalue weighted by Crippen LogP contribution is -2.32. The van der Waals surface area contributed by atoms with Crippen LogP contribution in [0.3, 0.4) is 0 Å². The number of carbonyl (C=O) groups is 3. The minimum Gasteiger partial charge on any atom is -0.475 e. The Labute approximate surface area is 187 Å². The van der Waals surface area contributed by atoms with Crippen molar-refractivity contribution in [2.75, 3.05) is 19.7 Å². The van der Waals surface area contributed by atoms with Crippen LogP contribution in [0.5, 0.6) is 0 Å². The second kappa shape index (κ2) is 13.9. The summed E-state index contributed by atoms with van der Waals surface area (Å²) in [4.78, 5) is 31.7. The highest BCUT2D eigenvalue weighted by atomic mass is 32.2. The predicted octanol–water partition coefficient (Wildman–Crippen LogP) is 2.67. The smallest absolute Gasteiger partial charge is 0.475 e. The number of aliphatic carboxylic acids is 1. The van der Waals surface area contributed by atoms with Gasteiger partial charge in [0.2, 0.25) is 0 Å². The maximum absolute atomic E-state index is 11.5. The van der Waals surface area contributed by atoms with Gasteiger partial charge in [-0.3, -0.25) is 9.59 Å². The lowest BCUT2D eigenvalue weighted by atomic mass is 10.0. The first-order valence-electron chi connectivity index (χ1n) is 9.97. The standard InChI is InChI=1S/C17H26N4O3S.C2HF3O2/c1-3-24-17(23)6-4-5-9-21-15(12-19-20-21)10-14-11-18-8-7-16(14)25-13(2)22;3-2(4,5)1(6)7/h10,12,16,18H,3-9,11H2,1-2H3;(H,6,7). The van der Waals surface area contributed by atoms with E-state index in [2.05, 4.69) is 21.7 Å². The molecule has 1 aromatic rings. The molecule has 1 aliphatic rings. The molecule has 0 saturated carbocycles. The molecule has 0 spiro atoms. The molecule has 0 amide bonds. The average Bonchev–Trinajstić information content (AvgIpc) is 3.13. The monoisotopic (exact) mass is 480 g/mol. The van der Waals surface area contributed by atoms with Crippen molar-refractivity contribution in [2.24, 2.45) is 0 Å². The largest absolute Gasteiger partial charge is 0.490 e. The fraction of sp³-hybridized carbons (Fsp3) is 0.632. The van der Waals surface area contributed by atoms with Gasteiger partial charge in [0.1, 0.15) is 0 Å². The van der Waals surface area contributed by atoms with Crippen molar-refractivity contribution in [3.05, 3.63) is 17.5 Å². The Kier molecular flexibility index (Phi) is 12.0. The molecule has 1 atom stereocenters. The lowest BCUT2D eigenvalue weighted by molar-refractivity contribution is -0.192. The van der Waals surface area contributed by atoms with Gasteiger partial charge >= 0.3 is 18.1 Å². The minimum absolute atomic E-state index is 0.142. The number of nitrogens with one attached hydrogen (secondary N) is 1. The highest BCUT2D eigenvalue weighted by Gasteiger charge is 2.38. The number of aromatic nitrogens is 3. The molecule has 0 aromatic carbocycles. The average molecular weight is 481 g/mol. The van der Waals surface area contributed by atoms with Gasteiger partial charge in [0.25, 0.3) is 0 Å². The number of unbranched alkanes of at least 4 members (excludes halogenated alkanes) is 1. The highest BCUT2D eigenvalue weighted by Crippen LogP contribution is 2.27. The van der Waals surface area contributed by atoms with E-state index in [1.54, 1.807) is 13.1 Å². The zero-order valence-corrected chi connectivity index (χ0v) is 18.7. The maximum Gasteiger partial charge on any atom is 0.490 e. The predicted molar refractivity (Wildman–Crippen MR) is 112 cm³/mol. The van der Waals surface area contributed by atoms with Crippen molar-refractivity contribution in [1.82, 2.24) is 20.3 Å². The molecule has 2 heterocycles. The van der Waals surface area contributed by atoms with Crippen molar-refractivity contribution in [3.63, 3.8) is 0 Å². The van der Waals surface area contributed by atoms with Crippen LogP contribution < -0.4 is 5.32 Å². The number of rotatable bonds is 8. The second-order valence-corrected chi connectivity index (χ2v) is 8.11. The van der Waals surface area contributed by atoms with Crippen LogP contribution in [0.4, 0.5) is 13.2 Å². The van der Waals surface area contributed by atoms with E-state index < -0.39 is 12.1 Å². The van der Waals surface area contributed by atoms with Crippen LogP contribution >= 0.6 is 11.8 Å². The summed E-state index contributed by atoms with van der Waals surface area (Å²) in [6, 6.07) is 0. The van der Waals surface area contributed by atoms with Gasteiger partial charge in [0, 0.05) is 31.7 Å². The highest BCUT2D eigenvalue weighted by molar-refractivity contribution is 8.14. The summed E-state index contributed by atoms with van der Waals surface area (Å²) in [5.74, 6) is -2.91. The molecule has 0 radical (unpaired) electrons. The molecule has 1 unspecified atom stereocenters. The number of alkyl halides is 3. The molecule has 0 bridgehead atoms. The van der Waals surface area contributed by atoms with Gasteiger partial charge in [-0.2, -0.15) is 13.2 Å². The molecule has 13 heteroatoms. The summed E-state index contributed by atoms with van der Waals surface area (Å²) in [6.07, 6.45) is 1.71. The van der Waals surface area contributed by atoms with Crippen LogP contribution in [0, 0.1) is 0 Å². The van der Waals surface area contributed by atoms with E-state index in [4.69, 9.17) is 14.6 Å². The molecular formula is C19H27F3N4O5S. The second-order valence-electron chi connectivity index (χ2n) is 6.73. The van der Waals surface area contributed by atoms with Crippen LogP contribution in [-0.2, 0) is 25.7 Å². The number of thioether (sulfide) groups is 1. The number of piperidine rings is 1. The Bertz CT molecular complexity index is 798. The van der Waals surface area contributed by atoms with Crippen molar-refractivity contribution in [3.8, 4) is 0 Å². The normalized spacial score (nSPS) is 17.4. The van der Waals surface area contributed by atoms with Crippen LogP contribution in [-0.4, -0.2) is 68.3 Å². The number of hydrogen-bond acceptors (Lipinski definition) is 8. The molecule has 9 nitrogen and oxygen atoms in total. The van der Waals surface area contributed by atoms with E-state index in [1.165, 1.54) is 17.3 Å². The number of ether oxygens (including phenoxy) is 1. The first kappa shape index (κ1) is 27.6. The SMILES string of the molecule is CCOC(=O)CCCCn1nncc1C=C1CNCCC1SC(C)=O.O=C(O)C(F)(F)F. The van der Waals surface area contributed by atoms with Crippen molar-refractivity contribution < 1.29 is 37.4 Å². The van der Waals surface area contributed by atoms with E-state index in [-0.39, 0.29) is 16.3 Å². The van der Waals surface area contributed by atoms with E-state index in [0.717, 1.165) is 38.0 Å². The Morgan fingerprint density at radius 3 is 2.66 bits per heavy atom. The number of carboxylic acid groups (broad SMARTS) is 1. The first-order chi connectivity index (χ1) is 15.0. The molecule has 0 aliphatic carbocycles. The van der Waals surface area contributed by atoms with E-state index in [9.17, 15) is 22.8 Å². The number of hydrogen-bond donors (Lipinski definition) is 2. The molecule has 1 fully saturated rings. The van der Waals surface area contributed by atoms with Gasteiger partial charge in [-0.25, -0.2) is 9.48 Å². The third-order valence-corrected chi connectivity index (χ3v) is 5.32.